The van der Waals surface area contributed by atoms with Crippen LogP contribution in [0.4, 0.5) is 0 Å². The maximum atomic E-state index is 6.15. The number of halogens is 1. The van der Waals surface area contributed by atoms with Gasteiger partial charge in [0.15, 0.2) is 5.96 Å². The smallest absolute Gasteiger partial charge is 0.189 e. The summed E-state index contributed by atoms with van der Waals surface area (Å²) >= 11 is 0. The van der Waals surface area contributed by atoms with Gasteiger partial charge >= 0.3 is 0 Å². The van der Waals surface area contributed by atoms with E-state index in [9.17, 15) is 0 Å². The van der Waals surface area contributed by atoms with E-state index < -0.39 is 0 Å². The molecule has 0 saturated carbocycles. The average molecular weight is 535 g/mol. The Morgan fingerprint density at radius 1 is 1.00 bits per heavy atom. The molecule has 0 spiro atoms. The number of nitrogens with two attached hydrogens (primary N) is 1. The number of benzene rings is 2. The third kappa shape index (κ3) is 7.08. The molecule has 1 unspecified atom stereocenters. The monoisotopic (exact) mass is 535 g/mol. The molecule has 2 aromatic rings. The second-order valence-corrected chi connectivity index (χ2v) is 8.10. The van der Waals surface area contributed by atoms with Gasteiger partial charge in [-0.1, -0.05) is 48.5 Å². The molecule has 6 nitrogen and oxygen atoms in total. The summed E-state index contributed by atoms with van der Waals surface area (Å²) in [6.45, 7) is 8.11. The molecule has 31 heavy (non-hydrogen) atoms. The Labute approximate surface area is 202 Å². The van der Waals surface area contributed by atoms with Crippen LogP contribution in [0.2, 0.25) is 0 Å². The molecular weight excluding hydrogens is 501 g/mol. The van der Waals surface area contributed by atoms with Crippen molar-refractivity contribution >= 4 is 29.9 Å². The lowest BCUT2D eigenvalue weighted by Gasteiger charge is -2.34. The molecule has 7 heteroatoms. The summed E-state index contributed by atoms with van der Waals surface area (Å²) in [5, 5.41) is 3.37. The van der Waals surface area contributed by atoms with Crippen molar-refractivity contribution in [1.29, 1.82) is 0 Å². The van der Waals surface area contributed by atoms with Gasteiger partial charge in [-0.25, -0.2) is 0 Å². The van der Waals surface area contributed by atoms with E-state index in [0.29, 0.717) is 12.6 Å². The summed E-state index contributed by atoms with van der Waals surface area (Å²) in [7, 11) is 0. The van der Waals surface area contributed by atoms with Gasteiger partial charge < -0.3 is 20.7 Å². The molecule has 1 atom stereocenters. The molecule has 0 radical (unpaired) electrons. The van der Waals surface area contributed by atoms with Crippen molar-refractivity contribution in [2.75, 3.05) is 45.9 Å². The molecule has 168 valence electrons. The second kappa shape index (κ2) is 12.3. The molecule has 2 heterocycles. The maximum absolute atomic E-state index is 6.15. The lowest BCUT2D eigenvalue weighted by molar-refractivity contribution is 0.127. The number of nitrogens with zero attached hydrogens (tertiary/aromatic N) is 3. The van der Waals surface area contributed by atoms with E-state index in [-0.39, 0.29) is 30.0 Å². The molecule has 2 aliphatic heterocycles. The van der Waals surface area contributed by atoms with Gasteiger partial charge in [0, 0.05) is 57.8 Å². The van der Waals surface area contributed by atoms with Gasteiger partial charge in [-0.05, 0) is 18.1 Å². The van der Waals surface area contributed by atoms with Crippen LogP contribution in [0.5, 0.6) is 5.75 Å². The minimum atomic E-state index is 0. The average Bonchev–Trinajstić information content (AvgIpc) is 2.79. The summed E-state index contributed by atoms with van der Waals surface area (Å²) in [6, 6.07) is 19.1. The van der Waals surface area contributed by atoms with Crippen molar-refractivity contribution in [3.8, 4) is 5.75 Å². The van der Waals surface area contributed by atoms with Crippen LogP contribution in [-0.2, 0) is 6.54 Å². The van der Waals surface area contributed by atoms with E-state index in [2.05, 4.69) is 56.5 Å². The molecule has 3 N–H and O–H groups in total. The summed E-state index contributed by atoms with van der Waals surface area (Å²) in [5.74, 6) is 1.48. The van der Waals surface area contributed by atoms with Gasteiger partial charge in [0.05, 0.1) is 12.6 Å². The van der Waals surface area contributed by atoms with Crippen LogP contribution in [0, 0.1) is 0 Å². The number of piperazine rings is 1. The van der Waals surface area contributed by atoms with Crippen LogP contribution in [0.3, 0.4) is 0 Å². The Balaban J connectivity index is 0.00000272. The highest BCUT2D eigenvalue weighted by molar-refractivity contribution is 14.0. The Kier molecular flexibility index (Phi) is 9.42. The summed E-state index contributed by atoms with van der Waals surface area (Å²) in [6.07, 6.45) is 1.94. The van der Waals surface area contributed by atoms with Crippen molar-refractivity contribution in [3.63, 3.8) is 0 Å². The number of ether oxygens (including phenoxy) is 1. The first-order valence-corrected chi connectivity index (χ1v) is 11.0. The molecule has 1 fully saturated rings. The predicted octanol–water partition coefficient (Wildman–Crippen LogP) is 3.24. The summed E-state index contributed by atoms with van der Waals surface area (Å²) < 4.78 is 5.71. The van der Waals surface area contributed by atoms with E-state index in [1.54, 1.807) is 0 Å². The van der Waals surface area contributed by atoms with Crippen molar-refractivity contribution in [1.82, 2.24) is 15.1 Å². The van der Waals surface area contributed by atoms with Crippen molar-refractivity contribution in [2.24, 2.45) is 10.7 Å². The molecular formula is C24H34IN5O. The van der Waals surface area contributed by atoms with Gasteiger partial charge in [0.25, 0.3) is 0 Å². The van der Waals surface area contributed by atoms with Crippen LogP contribution >= 0.6 is 24.0 Å². The zero-order valence-corrected chi connectivity index (χ0v) is 20.4. The van der Waals surface area contributed by atoms with Crippen LogP contribution in [0.25, 0.3) is 0 Å². The predicted molar refractivity (Wildman–Crippen MR) is 137 cm³/mol. The van der Waals surface area contributed by atoms with E-state index in [4.69, 9.17) is 10.5 Å². The third-order valence-electron chi connectivity index (χ3n) is 5.91. The highest BCUT2D eigenvalue weighted by Gasteiger charge is 2.21. The number of aliphatic imine (C=N–C) groups is 1. The van der Waals surface area contributed by atoms with Crippen LogP contribution in [-0.4, -0.2) is 61.6 Å². The number of hydrogen-bond donors (Lipinski definition) is 2. The quantitative estimate of drug-likeness (QED) is 0.247. The summed E-state index contributed by atoms with van der Waals surface area (Å²) in [4.78, 5) is 9.63. The number of guanidine groups is 1. The minimum Gasteiger partial charge on any atom is -0.493 e. The summed E-state index contributed by atoms with van der Waals surface area (Å²) in [5.41, 5.74) is 8.71. The minimum absolute atomic E-state index is 0. The molecule has 0 amide bonds. The number of nitrogens with one attached hydrogen (secondary N) is 1. The number of hydrogen-bond acceptors (Lipinski definition) is 4. The highest BCUT2D eigenvalue weighted by Crippen LogP contribution is 2.31. The Morgan fingerprint density at radius 2 is 1.71 bits per heavy atom. The third-order valence-corrected chi connectivity index (χ3v) is 5.91. The fourth-order valence-corrected chi connectivity index (χ4v) is 4.22. The van der Waals surface area contributed by atoms with E-state index in [1.807, 2.05) is 18.2 Å². The van der Waals surface area contributed by atoms with E-state index in [1.165, 1.54) is 5.56 Å². The first kappa shape index (κ1) is 23.8. The first-order chi connectivity index (χ1) is 14.8. The second-order valence-electron chi connectivity index (χ2n) is 8.10. The first-order valence-electron chi connectivity index (χ1n) is 11.0. The molecule has 1 saturated heterocycles. The van der Waals surface area contributed by atoms with Crippen molar-refractivity contribution in [2.45, 2.75) is 25.4 Å². The maximum Gasteiger partial charge on any atom is 0.189 e. The zero-order chi connectivity index (χ0) is 20.6. The molecule has 0 aliphatic carbocycles. The lowest BCUT2D eigenvalue weighted by Crippen LogP contribution is -2.46. The molecule has 2 aliphatic rings. The lowest BCUT2D eigenvalue weighted by atomic mass is 10.0. The number of para-hydroxylation sites is 1. The molecule has 0 bridgehead atoms. The zero-order valence-electron chi connectivity index (χ0n) is 18.1. The fraction of sp³-hybridized carbons (Fsp3) is 0.458. The van der Waals surface area contributed by atoms with Gasteiger partial charge in [-0.3, -0.25) is 9.89 Å². The van der Waals surface area contributed by atoms with Gasteiger partial charge in [-0.15, -0.1) is 24.0 Å². The normalized spacial score (nSPS) is 19.7. The molecule has 0 aromatic heterocycles. The molecule has 2 aromatic carbocycles. The SMILES string of the molecule is I.NC(=NCCCN1CCN(Cc2ccccc2)CC1)NC1CCOc2ccccc21. The van der Waals surface area contributed by atoms with Gasteiger partial charge in [0.2, 0.25) is 0 Å². The Morgan fingerprint density at radius 3 is 2.52 bits per heavy atom. The standard InChI is InChI=1S/C24H33N5O.HI/c25-24(27-22-11-18-30-23-10-5-4-9-21(22)23)26-12-6-13-28-14-16-29(17-15-28)19-20-7-2-1-3-8-20;/h1-5,7-10,22H,6,11-19H2,(H3,25,26,27);1H. The van der Waals surface area contributed by atoms with Gasteiger partial charge in [-0.2, -0.15) is 0 Å². The van der Waals surface area contributed by atoms with E-state index >= 15 is 0 Å². The van der Waals surface area contributed by atoms with Crippen molar-refractivity contribution < 1.29 is 4.74 Å². The fourth-order valence-electron chi connectivity index (χ4n) is 4.22. The largest absolute Gasteiger partial charge is 0.493 e. The van der Waals surface area contributed by atoms with Crippen molar-refractivity contribution in [3.05, 3.63) is 65.7 Å². The Bertz CT molecular complexity index is 824. The van der Waals surface area contributed by atoms with Gasteiger partial charge in [0.1, 0.15) is 5.75 Å². The van der Waals surface area contributed by atoms with Crippen LogP contribution < -0.4 is 15.8 Å². The topological polar surface area (TPSA) is 66.1 Å². The van der Waals surface area contributed by atoms with E-state index in [0.717, 1.165) is 70.0 Å². The number of rotatable bonds is 7. The molecule has 4 rings (SSSR count). The Hall–Kier alpha value is -1.84. The van der Waals surface area contributed by atoms with Crippen LogP contribution in [0.15, 0.2) is 59.6 Å². The number of fused-ring (bicyclic) bond motifs is 1. The highest BCUT2D eigenvalue weighted by atomic mass is 127. The van der Waals surface area contributed by atoms with Crippen LogP contribution in [0.1, 0.15) is 30.0 Å².